The standard InChI is InChI=1S/C16H12Cl2N4O2S/c17-13-3-1-12(2-4-13)7-8-25(23,24)21-15-9-14(18)5-6-16(15)22-11-19-10-20-22/h1-11,21H/b8-7+. The molecule has 2 aromatic carbocycles. The monoisotopic (exact) mass is 394 g/mol. The molecule has 0 unspecified atom stereocenters. The number of nitrogens with one attached hydrogen (secondary N) is 1. The van der Waals surface area contributed by atoms with Gasteiger partial charge in [0.1, 0.15) is 12.7 Å². The summed E-state index contributed by atoms with van der Waals surface area (Å²) in [6.07, 6.45) is 4.29. The first-order chi connectivity index (χ1) is 11.9. The summed E-state index contributed by atoms with van der Waals surface area (Å²) < 4.78 is 28.6. The van der Waals surface area contributed by atoms with E-state index in [1.54, 1.807) is 36.4 Å². The Morgan fingerprint density at radius 1 is 1.04 bits per heavy atom. The maximum absolute atomic E-state index is 12.4. The molecule has 0 saturated carbocycles. The summed E-state index contributed by atoms with van der Waals surface area (Å²) in [6.45, 7) is 0. The van der Waals surface area contributed by atoms with Crippen molar-refractivity contribution in [1.29, 1.82) is 0 Å². The van der Waals surface area contributed by atoms with E-state index >= 15 is 0 Å². The molecule has 0 saturated heterocycles. The van der Waals surface area contributed by atoms with Gasteiger partial charge in [0.15, 0.2) is 0 Å². The van der Waals surface area contributed by atoms with Gasteiger partial charge in [0.2, 0.25) is 0 Å². The Bertz CT molecular complexity index is 1000. The predicted molar refractivity (Wildman–Crippen MR) is 99.4 cm³/mol. The van der Waals surface area contributed by atoms with Gasteiger partial charge in [-0.2, -0.15) is 5.10 Å². The first-order valence-corrected chi connectivity index (χ1v) is 9.34. The minimum Gasteiger partial charge on any atom is -0.278 e. The number of halogens is 2. The van der Waals surface area contributed by atoms with E-state index in [1.807, 2.05) is 0 Å². The molecule has 0 fully saturated rings. The first-order valence-electron chi connectivity index (χ1n) is 7.04. The van der Waals surface area contributed by atoms with E-state index < -0.39 is 10.0 Å². The SMILES string of the molecule is O=S(=O)(/C=C/c1ccc(Cl)cc1)Nc1cc(Cl)ccc1-n1cncn1. The average Bonchev–Trinajstić information content (AvgIpc) is 3.08. The van der Waals surface area contributed by atoms with Gasteiger partial charge in [-0.15, -0.1) is 0 Å². The van der Waals surface area contributed by atoms with Crippen LogP contribution in [0, 0.1) is 0 Å². The molecule has 1 aromatic heterocycles. The van der Waals surface area contributed by atoms with E-state index in [4.69, 9.17) is 23.2 Å². The maximum Gasteiger partial charge on any atom is 0.255 e. The van der Waals surface area contributed by atoms with Crippen LogP contribution in [0.15, 0.2) is 60.5 Å². The predicted octanol–water partition coefficient (Wildman–Crippen LogP) is 3.99. The van der Waals surface area contributed by atoms with Gasteiger partial charge in [-0.05, 0) is 42.0 Å². The second-order valence-electron chi connectivity index (χ2n) is 5.00. The molecule has 0 atom stereocenters. The van der Waals surface area contributed by atoms with Gasteiger partial charge in [-0.25, -0.2) is 18.1 Å². The van der Waals surface area contributed by atoms with Crippen molar-refractivity contribution in [2.24, 2.45) is 0 Å². The van der Waals surface area contributed by atoms with Gasteiger partial charge < -0.3 is 0 Å². The first kappa shape index (κ1) is 17.5. The van der Waals surface area contributed by atoms with E-state index in [-0.39, 0.29) is 0 Å². The molecule has 9 heteroatoms. The fourth-order valence-corrected chi connectivity index (χ4v) is 3.22. The van der Waals surface area contributed by atoms with Gasteiger partial charge in [-0.1, -0.05) is 35.3 Å². The highest BCUT2D eigenvalue weighted by molar-refractivity contribution is 7.95. The molecule has 6 nitrogen and oxygen atoms in total. The van der Waals surface area contributed by atoms with Crippen molar-refractivity contribution in [2.75, 3.05) is 4.72 Å². The second kappa shape index (κ2) is 7.26. The number of aromatic nitrogens is 3. The molecular formula is C16H12Cl2N4O2S. The Hall–Kier alpha value is -2.35. The Morgan fingerprint density at radius 2 is 1.76 bits per heavy atom. The zero-order chi connectivity index (χ0) is 17.9. The highest BCUT2D eigenvalue weighted by atomic mass is 35.5. The molecule has 0 aliphatic carbocycles. The molecule has 0 spiro atoms. The zero-order valence-electron chi connectivity index (χ0n) is 12.7. The van der Waals surface area contributed by atoms with E-state index in [0.29, 0.717) is 27.0 Å². The van der Waals surface area contributed by atoms with Crippen LogP contribution >= 0.6 is 23.2 Å². The largest absolute Gasteiger partial charge is 0.278 e. The molecule has 1 N–H and O–H groups in total. The summed E-state index contributed by atoms with van der Waals surface area (Å²) >= 11 is 11.8. The average molecular weight is 395 g/mol. The lowest BCUT2D eigenvalue weighted by Gasteiger charge is -2.11. The Labute approximate surface area is 154 Å². The fraction of sp³-hybridized carbons (Fsp3) is 0. The third-order valence-electron chi connectivity index (χ3n) is 3.19. The minimum absolute atomic E-state index is 0.291. The van der Waals surface area contributed by atoms with E-state index in [2.05, 4.69) is 14.8 Å². The Morgan fingerprint density at radius 3 is 2.44 bits per heavy atom. The van der Waals surface area contributed by atoms with Crippen molar-refractivity contribution in [1.82, 2.24) is 14.8 Å². The Balaban J connectivity index is 1.88. The number of rotatable bonds is 5. The van der Waals surface area contributed by atoms with Crippen LogP contribution in [-0.4, -0.2) is 23.2 Å². The van der Waals surface area contributed by atoms with Crippen LogP contribution in [0.4, 0.5) is 5.69 Å². The molecule has 1 heterocycles. The number of nitrogens with zero attached hydrogens (tertiary/aromatic N) is 3. The van der Waals surface area contributed by atoms with Crippen LogP contribution in [-0.2, 0) is 10.0 Å². The van der Waals surface area contributed by atoms with Crippen LogP contribution in [0.3, 0.4) is 0 Å². The van der Waals surface area contributed by atoms with Crippen LogP contribution in [0.5, 0.6) is 0 Å². The molecule has 0 amide bonds. The van der Waals surface area contributed by atoms with Crippen molar-refractivity contribution in [3.63, 3.8) is 0 Å². The molecule has 0 bridgehead atoms. The second-order valence-corrected chi connectivity index (χ2v) is 7.44. The highest BCUT2D eigenvalue weighted by Crippen LogP contribution is 2.25. The van der Waals surface area contributed by atoms with Crippen LogP contribution < -0.4 is 4.72 Å². The highest BCUT2D eigenvalue weighted by Gasteiger charge is 2.12. The lowest BCUT2D eigenvalue weighted by Crippen LogP contribution is -2.11. The summed E-state index contributed by atoms with van der Waals surface area (Å²) in [5.41, 5.74) is 1.50. The fourth-order valence-electron chi connectivity index (χ4n) is 2.05. The topological polar surface area (TPSA) is 76.9 Å². The molecule has 0 aliphatic heterocycles. The van der Waals surface area contributed by atoms with Crippen molar-refractivity contribution < 1.29 is 8.42 Å². The zero-order valence-corrected chi connectivity index (χ0v) is 15.0. The van der Waals surface area contributed by atoms with E-state index in [1.165, 1.54) is 29.5 Å². The minimum atomic E-state index is -3.76. The number of hydrogen-bond donors (Lipinski definition) is 1. The lowest BCUT2D eigenvalue weighted by molar-refractivity contribution is 0.609. The molecule has 3 rings (SSSR count). The van der Waals surface area contributed by atoms with Crippen molar-refractivity contribution >= 4 is 45.0 Å². The van der Waals surface area contributed by atoms with Crippen molar-refractivity contribution in [3.05, 3.63) is 76.1 Å². The summed E-state index contributed by atoms with van der Waals surface area (Å²) in [4.78, 5) is 3.86. The summed E-state index contributed by atoms with van der Waals surface area (Å²) in [7, 11) is -3.76. The van der Waals surface area contributed by atoms with Crippen LogP contribution in [0.2, 0.25) is 10.0 Å². The number of hydrogen-bond acceptors (Lipinski definition) is 4. The van der Waals surface area contributed by atoms with E-state index in [9.17, 15) is 8.42 Å². The van der Waals surface area contributed by atoms with Gasteiger partial charge in [0.25, 0.3) is 10.0 Å². The normalized spacial score (nSPS) is 11.8. The molecule has 0 radical (unpaired) electrons. The quantitative estimate of drug-likeness (QED) is 0.709. The number of benzene rings is 2. The smallest absolute Gasteiger partial charge is 0.255 e. The van der Waals surface area contributed by atoms with Crippen molar-refractivity contribution in [2.45, 2.75) is 0 Å². The van der Waals surface area contributed by atoms with Crippen molar-refractivity contribution in [3.8, 4) is 5.69 Å². The maximum atomic E-state index is 12.4. The molecule has 128 valence electrons. The molecular weight excluding hydrogens is 383 g/mol. The third kappa shape index (κ3) is 4.60. The van der Waals surface area contributed by atoms with Crippen LogP contribution in [0.25, 0.3) is 11.8 Å². The van der Waals surface area contributed by atoms with Crippen LogP contribution in [0.1, 0.15) is 5.56 Å². The Kier molecular flexibility index (Phi) is 5.08. The third-order valence-corrected chi connectivity index (χ3v) is 4.67. The molecule has 3 aromatic rings. The lowest BCUT2D eigenvalue weighted by atomic mass is 10.2. The van der Waals surface area contributed by atoms with Gasteiger partial charge in [-0.3, -0.25) is 4.72 Å². The van der Waals surface area contributed by atoms with Gasteiger partial charge in [0, 0.05) is 10.0 Å². The van der Waals surface area contributed by atoms with Gasteiger partial charge in [0.05, 0.1) is 16.8 Å². The summed E-state index contributed by atoms with van der Waals surface area (Å²) in [5, 5.41) is 6.05. The van der Waals surface area contributed by atoms with Gasteiger partial charge >= 0.3 is 0 Å². The number of sulfonamides is 1. The summed E-state index contributed by atoms with van der Waals surface area (Å²) in [5.74, 6) is 0. The number of anilines is 1. The summed E-state index contributed by atoms with van der Waals surface area (Å²) in [6, 6.07) is 11.6. The van der Waals surface area contributed by atoms with E-state index in [0.717, 1.165) is 5.41 Å². The molecule has 25 heavy (non-hydrogen) atoms. The molecule has 0 aliphatic rings.